The molecule has 1 aliphatic carbocycles. The lowest BCUT2D eigenvalue weighted by Crippen LogP contribution is -2.39. The first-order chi connectivity index (χ1) is 12.7. The van der Waals surface area contributed by atoms with Crippen LogP contribution in [0.3, 0.4) is 0 Å². The minimum Gasteiger partial charge on any atom is -0.399 e. The van der Waals surface area contributed by atoms with E-state index in [9.17, 15) is 4.79 Å². The molecule has 4 rings (SSSR count). The molecular formula is C20H26Cl2N4O2. The smallest absolute Gasteiger partial charge is 0.255 e. The number of nitrogen functional groups attached to an aromatic ring is 1. The molecule has 1 atom stereocenters. The molecule has 1 aliphatic heterocycles. The SMILES string of the molecule is Cl.Cl.Nc1ccc2c(c1)CCCC2NC(=O)c1cccnc1N1CCOCC1. The Morgan fingerprint density at radius 3 is 2.79 bits per heavy atom. The Morgan fingerprint density at radius 1 is 1.21 bits per heavy atom. The molecule has 2 aliphatic rings. The maximum atomic E-state index is 13.0. The van der Waals surface area contributed by atoms with Crippen molar-refractivity contribution in [3.8, 4) is 0 Å². The van der Waals surface area contributed by atoms with Gasteiger partial charge in [0.15, 0.2) is 0 Å². The summed E-state index contributed by atoms with van der Waals surface area (Å²) >= 11 is 0. The zero-order chi connectivity index (χ0) is 17.9. The number of halogens is 2. The Balaban J connectivity index is 0.00000140. The maximum Gasteiger partial charge on any atom is 0.255 e. The maximum absolute atomic E-state index is 13.0. The van der Waals surface area contributed by atoms with Gasteiger partial charge < -0.3 is 20.7 Å². The van der Waals surface area contributed by atoms with Gasteiger partial charge in [-0.15, -0.1) is 24.8 Å². The number of morpholine rings is 1. The number of rotatable bonds is 3. The van der Waals surface area contributed by atoms with Crippen LogP contribution in [-0.2, 0) is 11.2 Å². The van der Waals surface area contributed by atoms with Crippen LogP contribution >= 0.6 is 24.8 Å². The Morgan fingerprint density at radius 2 is 2.00 bits per heavy atom. The fraction of sp³-hybridized carbons (Fsp3) is 0.400. The molecule has 1 amide bonds. The highest BCUT2D eigenvalue weighted by Gasteiger charge is 2.25. The number of carbonyl (C=O) groups is 1. The summed E-state index contributed by atoms with van der Waals surface area (Å²) in [4.78, 5) is 19.6. The predicted octanol–water partition coefficient (Wildman–Crippen LogP) is 3.15. The first kappa shape index (κ1) is 22.3. The molecule has 1 fully saturated rings. The van der Waals surface area contributed by atoms with E-state index in [0.29, 0.717) is 18.8 Å². The fourth-order valence-corrected chi connectivity index (χ4v) is 3.82. The van der Waals surface area contributed by atoms with Crippen molar-refractivity contribution in [2.45, 2.75) is 25.3 Å². The van der Waals surface area contributed by atoms with Gasteiger partial charge in [-0.25, -0.2) is 4.98 Å². The van der Waals surface area contributed by atoms with Gasteiger partial charge >= 0.3 is 0 Å². The van der Waals surface area contributed by atoms with Gasteiger partial charge in [-0.1, -0.05) is 6.07 Å². The summed E-state index contributed by atoms with van der Waals surface area (Å²) in [5.41, 5.74) is 9.72. The average molecular weight is 425 g/mol. The molecule has 0 radical (unpaired) electrons. The molecule has 0 bridgehead atoms. The number of hydrogen-bond donors (Lipinski definition) is 2. The van der Waals surface area contributed by atoms with Crippen molar-refractivity contribution in [1.29, 1.82) is 0 Å². The van der Waals surface area contributed by atoms with E-state index < -0.39 is 0 Å². The Bertz CT molecular complexity index is 813. The van der Waals surface area contributed by atoms with E-state index in [0.717, 1.165) is 43.9 Å². The number of anilines is 2. The van der Waals surface area contributed by atoms with Gasteiger partial charge in [-0.2, -0.15) is 0 Å². The van der Waals surface area contributed by atoms with Gasteiger partial charge in [-0.05, 0) is 54.7 Å². The van der Waals surface area contributed by atoms with E-state index in [1.807, 2.05) is 30.3 Å². The number of nitrogens with zero attached hydrogens (tertiary/aromatic N) is 2. The number of aryl methyl sites for hydroxylation is 1. The van der Waals surface area contributed by atoms with Crippen LogP contribution in [0, 0.1) is 0 Å². The van der Waals surface area contributed by atoms with Crippen LogP contribution in [-0.4, -0.2) is 37.2 Å². The van der Waals surface area contributed by atoms with Crippen molar-refractivity contribution >= 4 is 42.2 Å². The van der Waals surface area contributed by atoms with Crippen molar-refractivity contribution in [1.82, 2.24) is 10.3 Å². The van der Waals surface area contributed by atoms with Crippen LogP contribution in [0.2, 0.25) is 0 Å². The van der Waals surface area contributed by atoms with E-state index in [-0.39, 0.29) is 36.8 Å². The highest BCUT2D eigenvalue weighted by molar-refractivity contribution is 5.99. The summed E-state index contributed by atoms with van der Waals surface area (Å²) in [6.07, 6.45) is 4.74. The van der Waals surface area contributed by atoms with Crippen LogP contribution in [0.4, 0.5) is 11.5 Å². The van der Waals surface area contributed by atoms with E-state index in [1.165, 1.54) is 11.1 Å². The lowest BCUT2D eigenvalue weighted by Gasteiger charge is -2.30. The zero-order valence-corrected chi connectivity index (χ0v) is 17.2. The van der Waals surface area contributed by atoms with E-state index >= 15 is 0 Å². The lowest BCUT2D eigenvalue weighted by atomic mass is 9.87. The van der Waals surface area contributed by atoms with Crippen LogP contribution in [0.1, 0.15) is 40.4 Å². The van der Waals surface area contributed by atoms with Gasteiger partial charge in [0.2, 0.25) is 0 Å². The van der Waals surface area contributed by atoms with Gasteiger partial charge in [0.1, 0.15) is 5.82 Å². The van der Waals surface area contributed by atoms with Crippen molar-refractivity contribution in [3.05, 3.63) is 53.2 Å². The highest BCUT2D eigenvalue weighted by atomic mass is 35.5. The molecule has 1 unspecified atom stereocenters. The van der Waals surface area contributed by atoms with Crippen LogP contribution < -0.4 is 16.0 Å². The molecule has 2 heterocycles. The molecule has 3 N–H and O–H groups in total. The summed E-state index contributed by atoms with van der Waals surface area (Å²) in [7, 11) is 0. The molecule has 2 aromatic rings. The molecule has 0 saturated carbocycles. The predicted molar refractivity (Wildman–Crippen MR) is 116 cm³/mol. The number of nitrogens with one attached hydrogen (secondary N) is 1. The quantitative estimate of drug-likeness (QED) is 0.739. The van der Waals surface area contributed by atoms with Gasteiger partial charge in [-0.3, -0.25) is 4.79 Å². The monoisotopic (exact) mass is 424 g/mol. The number of nitrogens with two attached hydrogens (primary N) is 1. The fourth-order valence-electron chi connectivity index (χ4n) is 3.82. The zero-order valence-electron chi connectivity index (χ0n) is 15.6. The third-order valence-corrected chi connectivity index (χ3v) is 5.13. The number of pyridine rings is 1. The normalized spacial score (nSPS) is 18.3. The molecule has 0 spiro atoms. The van der Waals surface area contributed by atoms with Gasteiger partial charge in [0, 0.05) is 25.0 Å². The standard InChI is InChI=1S/C20H24N4O2.2ClH/c21-15-6-7-16-14(13-15)3-1-5-18(16)23-20(25)17-4-2-8-22-19(17)24-9-11-26-12-10-24;;/h2,4,6-8,13,18H,1,3,5,9-12,21H2,(H,23,25);2*1H. The van der Waals surface area contributed by atoms with Crippen molar-refractivity contribution < 1.29 is 9.53 Å². The number of ether oxygens (including phenoxy) is 1. The molecular weight excluding hydrogens is 399 g/mol. The Hall–Kier alpha value is -2.02. The second-order valence-electron chi connectivity index (χ2n) is 6.85. The number of aromatic nitrogens is 1. The molecule has 1 aromatic heterocycles. The molecule has 1 saturated heterocycles. The Kier molecular flexibility index (Phi) is 7.92. The Labute approximate surface area is 177 Å². The highest BCUT2D eigenvalue weighted by Crippen LogP contribution is 2.31. The number of fused-ring (bicyclic) bond motifs is 1. The number of hydrogen-bond acceptors (Lipinski definition) is 5. The first-order valence-electron chi connectivity index (χ1n) is 9.19. The largest absolute Gasteiger partial charge is 0.399 e. The van der Waals surface area contributed by atoms with Crippen LogP contribution in [0.25, 0.3) is 0 Å². The summed E-state index contributed by atoms with van der Waals surface area (Å²) in [5.74, 6) is 0.663. The van der Waals surface area contributed by atoms with Crippen molar-refractivity contribution in [2.75, 3.05) is 36.9 Å². The van der Waals surface area contributed by atoms with Crippen LogP contribution in [0.5, 0.6) is 0 Å². The molecule has 6 nitrogen and oxygen atoms in total. The third-order valence-electron chi connectivity index (χ3n) is 5.13. The lowest BCUT2D eigenvalue weighted by molar-refractivity contribution is 0.0931. The van der Waals surface area contributed by atoms with Gasteiger partial charge in [0.05, 0.1) is 24.8 Å². The molecule has 152 valence electrons. The second kappa shape index (κ2) is 9.96. The first-order valence-corrected chi connectivity index (χ1v) is 9.19. The van der Waals surface area contributed by atoms with E-state index in [2.05, 4.69) is 15.2 Å². The summed E-state index contributed by atoms with van der Waals surface area (Å²) in [6.45, 7) is 2.83. The van der Waals surface area contributed by atoms with Gasteiger partial charge in [0.25, 0.3) is 5.91 Å². The third kappa shape index (κ3) is 4.69. The number of amides is 1. The van der Waals surface area contributed by atoms with E-state index in [1.54, 1.807) is 6.20 Å². The summed E-state index contributed by atoms with van der Waals surface area (Å²) in [6, 6.07) is 9.66. The minimum absolute atomic E-state index is 0. The number of benzene rings is 1. The molecule has 8 heteroatoms. The number of carbonyl (C=O) groups excluding carboxylic acids is 1. The average Bonchev–Trinajstić information content (AvgIpc) is 2.68. The van der Waals surface area contributed by atoms with Crippen molar-refractivity contribution in [3.63, 3.8) is 0 Å². The summed E-state index contributed by atoms with van der Waals surface area (Å²) < 4.78 is 5.41. The summed E-state index contributed by atoms with van der Waals surface area (Å²) in [5, 5.41) is 3.21. The molecule has 28 heavy (non-hydrogen) atoms. The van der Waals surface area contributed by atoms with E-state index in [4.69, 9.17) is 10.5 Å². The van der Waals surface area contributed by atoms with Crippen molar-refractivity contribution in [2.24, 2.45) is 0 Å². The minimum atomic E-state index is -0.0748. The second-order valence-corrected chi connectivity index (χ2v) is 6.85. The molecule has 1 aromatic carbocycles. The van der Waals surface area contributed by atoms with Crippen LogP contribution in [0.15, 0.2) is 36.5 Å². The topological polar surface area (TPSA) is 80.5 Å².